The highest BCUT2D eigenvalue weighted by atomic mass is 15.1. The Morgan fingerprint density at radius 3 is 2.73 bits per heavy atom. The van der Waals surface area contributed by atoms with Gasteiger partial charge in [0.15, 0.2) is 0 Å². The summed E-state index contributed by atoms with van der Waals surface area (Å²) in [4.78, 5) is 12.9. The van der Waals surface area contributed by atoms with Gasteiger partial charge in [-0.05, 0) is 30.2 Å². The molecule has 6 nitrogen and oxygen atoms in total. The first kappa shape index (κ1) is 16.0. The number of benzene rings is 1. The summed E-state index contributed by atoms with van der Waals surface area (Å²) < 4.78 is 0. The number of pyridine rings is 2. The standard InChI is InChI=1S/C20H18N6/c1-13-19-18(26-25-13)7-8-23-20(19)24-17-9-16(11-22-12-17)15-5-3-14(4-6-15)10-21-2/h3-12H,1-2H3,(H,23,24)(H,25,26)/b21-10+. The van der Waals surface area contributed by atoms with Crippen LogP contribution >= 0.6 is 0 Å². The molecule has 0 fully saturated rings. The van der Waals surface area contributed by atoms with Crippen molar-refractivity contribution in [2.75, 3.05) is 12.4 Å². The Hall–Kier alpha value is -3.54. The number of H-pyrrole nitrogens is 1. The number of hydrogen-bond donors (Lipinski definition) is 2. The minimum Gasteiger partial charge on any atom is -0.338 e. The zero-order valence-electron chi connectivity index (χ0n) is 14.6. The van der Waals surface area contributed by atoms with Gasteiger partial charge in [-0.2, -0.15) is 5.10 Å². The SMILES string of the molecule is C/N=C/c1ccc(-c2cncc(Nc3nccc4[nH]nc(C)c34)c2)cc1. The van der Waals surface area contributed by atoms with Gasteiger partial charge in [0.2, 0.25) is 0 Å². The number of aryl methyl sites for hydroxylation is 1. The molecule has 0 aliphatic rings. The van der Waals surface area contributed by atoms with E-state index in [-0.39, 0.29) is 0 Å². The molecule has 0 unspecified atom stereocenters. The molecule has 3 heterocycles. The van der Waals surface area contributed by atoms with E-state index in [2.05, 4.69) is 48.7 Å². The molecule has 0 saturated heterocycles. The monoisotopic (exact) mass is 342 g/mol. The van der Waals surface area contributed by atoms with Gasteiger partial charge in [-0.1, -0.05) is 24.3 Å². The van der Waals surface area contributed by atoms with E-state index in [9.17, 15) is 0 Å². The Bertz CT molecular complexity index is 1080. The van der Waals surface area contributed by atoms with Crippen molar-refractivity contribution in [3.63, 3.8) is 0 Å². The summed E-state index contributed by atoms with van der Waals surface area (Å²) in [5.41, 5.74) is 5.95. The molecule has 1 aromatic carbocycles. The van der Waals surface area contributed by atoms with E-state index in [1.165, 1.54) is 0 Å². The molecule has 0 bridgehead atoms. The molecule has 0 spiro atoms. The van der Waals surface area contributed by atoms with E-state index >= 15 is 0 Å². The smallest absolute Gasteiger partial charge is 0.141 e. The third kappa shape index (κ3) is 3.04. The first-order valence-electron chi connectivity index (χ1n) is 8.29. The van der Waals surface area contributed by atoms with Gasteiger partial charge in [0.05, 0.1) is 28.5 Å². The maximum absolute atomic E-state index is 4.46. The van der Waals surface area contributed by atoms with E-state index in [0.717, 1.165) is 44.8 Å². The highest BCUT2D eigenvalue weighted by Gasteiger charge is 2.09. The zero-order valence-corrected chi connectivity index (χ0v) is 14.6. The third-order valence-corrected chi connectivity index (χ3v) is 4.18. The first-order chi connectivity index (χ1) is 12.7. The number of aromatic amines is 1. The molecule has 4 aromatic rings. The van der Waals surface area contributed by atoms with Crippen molar-refractivity contribution in [2.45, 2.75) is 6.92 Å². The number of rotatable bonds is 4. The summed E-state index contributed by atoms with van der Waals surface area (Å²) in [7, 11) is 1.77. The van der Waals surface area contributed by atoms with E-state index in [0.29, 0.717) is 0 Å². The van der Waals surface area contributed by atoms with Gasteiger partial charge in [-0.25, -0.2) is 4.98 Å². The quantitative estimate of drug-likeness (QED) is 0.547. The van der Waals surface area contributed by atoms with Gasteiger partial charge in [0, 0.05) is 31.2 Å². The first-order valence-corrected chi connectivity index (χ1v) is 8.29. The zero-order chi connectivity index (χ0) is 17.9. The molecule has 3 aromatic heterocycles. The molecular formula is C20H18N6. The summed E-state index contributed by atoms with van der Waals surface area (Å²) in [6, 6.07) is 12.2. The highest BCUT2D eigenvalue weighted by Crippen LogP contribution is 2.27. The average Bonchev–Trinajstić information content (AvgIpc) is 3.05. The van der Waals surface area contributed by atoms with E-state index < -0.39 is 0 Å². The van der Waals surface area contributed by atoms with Crippen molar-refractivity contribution < 1.29 is 0 Å². The molecule has 0 radical (unpaired) electrons. The van der Waals surface area contributed by atoms with Crippen molar-refractivity contribution in [1.29, 1.82) is 0 Å². The van der Waals surface area contributed by atoms with Crippen molar-refractivity contribution in [2.24, 2.45) is 4.99 Å². The molecule has 6 heteroatoms. The van der Waals surface area contributed by atoms with E-state index in [1.807, 2.05) is 37.5 Å². The molecule has 0 saturated carbocycles. The number of fused-ring (bicyclic) bond motifs is 1. The van der Waals surface area contributed by atoms with Gasteiger partial charge in [0.25, 0.3) is 0 Å². The molecular weight excluding hydrogens is 324 g/mol. The number of nitrogens with zero attached hydrogens (tertiary/aromatic N) is 4. The topological polar surface area (TPSA) is 78.9 Å². The van der Waals surface area contributed by atoms with Crippen LogP contribution in [0.2, 0.25) is 0 Å². The van der Waals surface area contributed by atoms with Crippen LogP contribution in [-0.4, -0.2) is 33.4 Å². The Kier molecular flexibility index (Phi) is 4.15. The van der Waals surface area contributed by atoms with Crippen LogP contribution in [-0.2, 0) is 0 Å². The number of nitrogens with one attached hydrogen (secondary N) is 2. The second-order valence-corrected chi connectivity index (χ2v) is 5.99. The van der Waals surface area contributed by atoms with Gasteiger partial charge in [0.1, 0.15) is 5.82 Å². The van der Waals surface area contributed by atoms with Crippen LogP contribution in [0.1, 0.15) is 11.3 Å². The maximum atomic E-state index is 4.46. The van der Waals surface area contributed by atoms with Crippen LogP contribution < -0.4 is 5.32 Å². The fourth-order valence-corrected chi connectivity index (χ4v) is 2.93. The Labute approximate surface area is 151 Å². The lowest BCUT2D eigenvalue weighted by molar-refractivity contribution is 1.07. The maximum Gasteiger partial charge on any atom is 0.141 e. The van der Waals surface area contributed by atoms with E-state index in [1.54, 1.807) is 19.4 Å². The molecule has 0 atom stereocenters. The minimum atomic E-state index is 0.766. The molecule has 2 N–H and O–H groups in total. The summed E-state index contributed by atoms with van der Waals surface area (Å²) >= 11 is 0. The molecule has 4 rings (SSSR count). The van der Waals surface area contributed by atoms with Crippen molar-refractivity contribution in [3.05, 3.63) is 66.2 Å². The fourth-order valence-electron chi connectivity index (χ4n) is 2.93. The lowest BCUT2D eigenvalue weighted by Gasteiger charge is -2.09. The van der Waals surface area contributed by atoms with E-state index in [4.69, 9.17) is 0 Å². The van der Waals surface area contributed by atoms with Crippen LogP contribution in [0.3, 0.4) is 0 Å². The predicted molar refractivity (Wildman–Crippen MR) is 105 cm³/mol. The average molecular weight is 342 g/mol. The Balaban J connectivity index is 1.66. The largest absolute Gasteiger partial charge is 0.338 e. The van der Waals surface area contributed by atoms with Crippen LogP contribution in [0, 0.1) is 6.92 Å². The molecule has 0 aliphatic carbocycles. The highest BCUT2D eigenvalue weighted by molar-refractivity contribution is 5.93. The van der Waals surface area contributed by atoms with Crippen LogP contribution in [0.25, 0.3) is 22.0 Å². The van der Waals surface area contributed by atoms with Crippen LogP contribution in [0.15, 0.2) is 60.0 Å². The van der Waals surface area contributed by atoms with Gasteiger partial charge in [-0.3, -0.25) is 15.1 Å². The second kappa shape index (κ2) is 6.76. The van der Waals surface area contributed by atoms with Crippen LogP contribution in [0.5, 0.6) is 0 Å². The molecule has 0 amide bonds. The molecule has 0 aliphatic heterocycles. The Morgan fingerprint density at radius 1 is 1.08 bits per heavy atom. The predicted octanol–water partition coefficient (Wildman–Crippen LogP) is 4.12. The number of aliphatic imine (C=N–C) groups is 1. The van der Waals surface area contributed by atoms with Gasteiger partial charge in [-0.15, -0.1) is 0 Å². The number of aromatic nitrogens is 4. The fraction of sp³-hybridized carbons (Fsp3) is 0.100. The van der Waals surface area contributed by atoms with Crippen LogP contribution in [0.4, 0.5) is 11.5 Å². The summed E-state index contributed by atoms with van der Waals surface area (Å²) in [6.07, 6.45) is 7.23. The number of anilines is 2. The molecule has 128 valence electrons. The minimum absolute atomic E-state index is 0.766. The van der Waals surface area contributed by atoms with Crippen molar-refractivity contribution in [1.82, 2.24) is 20.2 Å². The lowest BCUT2D eigenvalue weighted by atomic mass is 10.1. The van der Waals surface area contributed by atoms with Crippen molar-refractivity contribution in [3.8, 4) is 11.1 Å². The summed E-state index contributed by atoms with van der Waals surface area (Å²) in [5, 5.41) is 11.6. The lowest BCUT2D eigenvalue weighted by Crippen LogP contribution is -1.96. The Morgan fingerprint density at radius 2 is 1.92 bits per heavy atom. The summed E-state index contributed by atoms with van der Waals surface area (Å²) in [6.45, 7) is 1.96. The van der Waals surface area contributed by atoms with Crippen molar-refractivity contribution >= 4 is 28.6 Å². The second-order valence-electron chi connectivity index (χ2n) is 5.99. The molecule has 26 heavy (non-hydrogen) atoms. The van der Waals surface area contributed by atoms with Gasteiger partial charge < -0.3 is 5.32 Å². The summed E-state index contributed by atoms with van der Waals surface area (Å²) in [5.74, 6) is 0.766. The third-order valence-electron chi connectivity index (χ3n) is 4.18. The number of hydrogen-bond acceptors (Lipinski definition) is 5. The van der Waals surface area contributed by atoms with Gasteiger partial charge >= 0.3 is 0 Å². The normalized spacial score (nSPS) is 11.3.